The summed E-state index contributed by atoms with van der Waals surface area (Å²) in [6.45, 7) is 1.85. The molecule has 108 valence electrons. The van der Waals surface area contributed by atoms with Gasteiger partial charge in [0, 0.05) is 0 Å². The van der Waals surface area contributed by atoms with Gasteiger partial charge in [0.1, 0.15) is 5.82 Å². The molecular formula is C12H11F4N3S. The van der Waals surface area contributed by atoms with Crippen molar-refractivity contribution in [2.75, 3.05) is 0 Å². The Morgan fingerprint density at radius 3 is 2.65 bits per heavy atom. The van der Waals surface area contributed by atoms with Crippen molar-refractivity contribution >= 4 is 11.5 Å². The van der Waals surface area contributed by atoms with E-state index in [0.717, 1.165) is 23.7 Å². The van der Waals surface area contributed by atoms with Gasteiger partial charge in [0.2, 0.25) is 0 Å². The van der Waals surface area contributed by atoms with E-state index in [2.05, 4.69) is 9.59 Å². The molecule has 0 amide bonds. The smallest absolute Gasteiger partial charge is 0.320 e. The Labute approximate surface area is 116 Å². The summed E-state index contributed by atoms with van der Waals surface area (Å²) in [4.78, 5) is 0.590. The van der Waals surface area contributed by atoms with Crippen LogP contribution in [0.5, 0.6) is 0 Å². The highest BCUT2D eigenvalue weighted by Crippen LogP contribution is 2.34. The van der Waals surface area contributed by atoms with Crippen molar-refractivity contribution in [2.24, 2.45) is 5.73 Å². The molecule has 1 unspecified atom stereocenters. The largest absolute Gasteiger partial charge is 0.419 e. The molecule has 0 aliphatic carbocycles. The Bertz CT molecular complexity index is 609. The number of nitrogens with two attached hydrogens (primary N) is 1. The molecule has 0 spiro atoms. The molecular weight excluding hydrogens is 294 g/mol. The molecule has 0 aliphatic heterocycles. The molecule has 0 radical (unpaired) electrons. The first-order valence-electron chi connectivity index (χ1n) is 5.78. The van der Waals surface area contributed by atoms with Crippen LogP contribution in [0, 0.1) is 5.82 Å². The lowest BCUT2D eigenvalue weighted by atomic mass is 10.0. The van der Waals surface area contributed by atoms with Gasteiger partial charge in [0.15, 0.2) is 0 Å². The summed E-state index contributed by atoms with van der Waals surface area (Å²) in [5, 5.41) is 3.86. The van der Waals surface area contributed by atoms with Gasteiger partial charge in [0.05, 0.1) is 22.2 Å². The van der Waals surface area contributed by atoms with E-state index in [-0.39, 0.29) is 5.56 Å². The van der Waals surface area contributed by atoms with Crippen molar-refractivity contribution in [3.8, 4) is 0 Å². The van der Waals surface area contributed by atoms with Crippen molar-refractivity contribution in [2.45, 2.75) is 25.6 Å². The van der Waals surface area contributed by atoms with Gasteiger partial charge in [-0.25, -0.2) is 4.39 Å². The van der Waals surface area contributed by atoms with Crippen molar-refractivity contribution in [1.82, 2.24) is 9.59 Å². The number of aryl methyl sites for hydroxylation is 1. The second-order valence-electron chi connectivity index (χ2n) is 4.15. The number of hydrogen-bond donors (Lipinski definition) is 1. The molecule has 1 atom stereocenters. The van der Waals surface area contributed by atoms with Crippen LogP contribution in [0.15, 0.2) is 18.2 Å². The lowest BCUT2D eigenvalue weighted by Crippen LogP contribution is -2.15. The molecule has 0 aliphatic rings. The summed E-state index contributed by atoms with van der Waals surface area (Å²) in [6.07, 6.45) is -4.17. The van der Waals surface area contributed by atoms with Gasteiger partial charge in [-0.3, -0.25) is 0 Å². The summed E-state index contributed by atoms with van der Waals surface area (Å²) in [5.74, 6) is -1.31. The molecule has 0 fully saturated rings. The Morgan fingerprint density at radius 1 is 1.35 bits per heavy atom. The van der Waals surface area contributed by atoms with Crippen LogP contribution < -0.4 is 5.73 Å². The standard InChI is InChI=1S/C12H11F4N3S/c1-2-9-11(20-19-18-9)10(17)6-3-4-8(13)7(5-6)12(14,15)16/h3-5,10H,2,17H2,1H3. The van der Waals surface area contributed by atoms with E-state index in [1.807, 2.05) is 6.92 Å². The van der Waals surface area contributed by atoms with Gasteiger partial charge in [-0.1, -0.05) is 17.5 Å². The van der Waals surface area contributed by atoms with Crippen molar-refractivity contribution in [3.63, 3.8) is 0 Å². The molecule has 1 heterocycles. The van der Waals surface area contributed by atoms with E-state index < -0.39 is 23.6 Å². The normalized spacial score (nSPS) is 13.5. The van der Waals surface area contributed by atoms with Gasteiger partial charge in [-0.15, -0.1) is 5.10 Å². The van der Waals surface area contributed by atoms with Crippen LogP contribution in [0.1, 0.15) is 34.7 Å². The van der Waals surface area contributed by atoms with E-state index in [1.165, 1.54) is 6.07 Å². The minimum Gasteiger partial charge on any atom is -0.320 e. The number of alkyl halides is 3. The Hall–Kier alpha value is -1.54. The average molecular weight is 305 g/mol. The Balaban J connectivity index is 2.43. The maximum Gasteiger partial charge on any atom is 0.419 e. The van der Waals surface area contributed by atoms with Gasteiger partial charge in [0.25, 0.3) is 0 Å². The Kier molecular flexibility index (Phi) is 4.05. The van der Waals surface area contributed by atoms with Crippen LogP contribution >= 0.6 is 11.5 Å². The minimum absolute atomic E-state index is 0.180. The van der Waals surface area contributed by atoms with E-state index in [4.69, 9.17) is 5.73 Å². The average Bonchev–Trinajstić information content (AvgIpc) is 2.85. The number of hydrogen-bond acceptors (Lipinski definition) is 4. The minimum atomic E-state index is -4.75. The van der Waals surface area contributed by atoms with Crippen LogP contribution in [0.3, 0.4) is 0 Å². The van der Waals surface area contributed by atoms with Gasteiger partial charge < -0.3 is 5.73 Å². The second kappa shape index (κ2) is 5.45. The van der Waals surface area contributed by atoms with Crippen LogP contribution in [0.25, 0.3) is 0 Å². The topological polar surface area (TPSA) is 51.8 Å². The van der Waals surface area contributed by atoms with Crippen LogP contribution in [-0.4, -0.2) is 9.59 Å². The molecule has 2 rings (SSSR count). The maximum absolute atomic E-state index is 13.2. The zero-order valence-corrected chi connectivity index (χ0v) is 11.2. The lowest BCUT2D eigenvalue weighted by Gasteiger charge is -2.14. The SMILES string of the molecule is CCc1nnsc1C(N)c1ccc(F)c(C(F)(F)F)c1. The highest BCUT2D eigenvalue weighted by atomic mass is 32.1. The first-order chi connectivity index (χ1) is 9.34. The molecule has 1 aromatic heterocycles. The van der Waals surface area contributed by atoms with Gasteiger partial charge in [-0.2, -0.15) is 13.2 Å². The van der Waals surface area contributed by atoms with E-state index >= 15 is 0 Å². The van der Waals surface area contributed by atoms with Crippen molar-refractivity contribution < 1.29 is 17.6 Å². The summed E-state index contributed by atoms with van der Waals surface area (Å²) < 4.78 is 55.0. The summed E-state index contributed by atoms with van der Waals surface area (Å²) >= 11 is 1.03. The first kappa shape index (κ1) is 14.9. The van der Waals surface area contributed by atoms with Gasteiger partial charge >= 0.3 is 6.18 Å². The lowest BCUT2D eigenvalue weighted by molar-refractivity contribution is -0.140. The third-order valence-corrected chi connectivity index (χ3v) is 3.71. The molecule has 3 nitrogen and oxygen atoms in total. The molecule has 8 heteroatoms. The third kappa shape index (κ3) is 2.80. The van der Waals surface area contributed by atoms with Crippen LogP contribution in [0.4, 0.5) is 17.6 Å². The molecule has 2 N–H and O–H groups in total. The summed E-state index contributed by atoms with van der Waals surface area (Å²) in [5.41, 5.74) is 5.44. The van der Waals surface area contributed by atoms with E-state index in [1.54, 1.807) is 0 Å². The molecule has 1 aromatic carbocycles. The highest BCUT2D eigenvalue weighted by molar-refractivity contribution is 7.05. The van der Waals surface area contributed by atoms with E-state index in [9.17, 15) is 17.6 Å². The fraction of sp³-hybridized carbons (Fsp3) is 0.333. The molecule has 0 saturated carbocycles. The third-order valence-electron chi connectivity index (χ3n) is 2.86. The van der Waals surface area contributed by atoms with Crippen LogP contribution in [0.2, 0.25) is 0 Å². The predicted molar refractivity (Wildman–Crippen MR) is 66.7 cm³/mol. The number of benzene rings is 1. The zero-order valence-electron chi connectivity index (χ0n) is 10.4. The summed E-state index contributed by atoms with van der Waals surface area (Å²) in [7, 11) is 0. The number of nitrogens with zero attached hydrogens (tertiary/aromatic N) is 2. The Morgan fingerprint density at radius 2 is 2.05 bits per heavy atom. The maximum atomic E-state index is 13.2. The second-order valence-corrected chi connectivity index (χ2v) is 4.94. The zero-order chi connectivity index (χ0) is 14.9. The molecule has 20 heavy (non-hydrogen) atoms. The fourth-order valence-electron chi connectivity index (χ4n) is 1.80. The first-order valence-corrected chi connectivity index (χ1v) is 6.55. The van der Waals surface area contributed by atoms with E-state index in [0.29, 0.717) is 17.0 Å². The fourth-order valence-corrected chi connectivity index (χ4v) is 2.57. The van der Waals surface area contributed by atoms with Gasteiger partial charge in [-0.05, 0) is 35.6 Å². The number of rotatable bonds is 3. The monoisotopic (exact) mass is 305 g/mol. The van der Waals surface area contributed by atoms with Crippen molar-refractivity contribution in [1.29, 1.82) is 0 Å². The van der Waals surface area contributed by atoms with Crippen LogP contribution in [-0.2, 0) is 12.6 Å². The molecule has 0 bridgehead atoms. The van der Waals surface area contributed by atoms with Crippen molar-refractivity contribution in [3.05, 3.63) is 45.7 Å². The number of aromatic nitrogens is 2. The summed E-state index contributed by atoms with van der Waals surface area (Å²) in [6, 6.07) is 1.96. The predicted octanol–water partition coefficient (Wildman–Crippen LogP) is 3.31. The highest BCUT2D eigenvalue weighted by Gasteiger charge is 2.34. The number of halogens is 4. The molecule has 2 aromatic rings. The quantitative estimate of drug-likeness (QED) is 0.885. The molecule has 0 saturated heterocycles.